The Hall–Kier alpha value is -3.07. The number of halogens is 2. The van der Waals surface area contributed by atoms with Crippen molar-refractivity contribution in [2.75, 3.05) is 12.8 Å². The van der Waals surface area contributed by atoms with Crippen LogP contribution < -0.4 is 5.73 Å². The van der Waals surface area contributed by atoms with Gasteiger partial charge in [-0.3, -0.25) is 14.5 Å². The van der Waals surface area contributed by atoms with Crippen LogP contribution in [-0.2, 0) is 13.6 Å². The van der Waals surface area contributed by atoms with Crippen LogP contribution in [-0.4, -0.2) is 37.6 Å². The number of pyridine rings is 2. The molecule has 0 radical (unpaired) electrons. The van der Waals surface area contributed by atoms with Crippen molar-refractivity contribution >= 4 is 49.5 Å². The SMILES string of the molecule is CN(Cc1ccc(Br)cn1)C(=O)c1cc2c(cc1F)nc(N)c1cnn(C)c12. The fourth-order valence-electron chi connectivity index (χ4n) is 3.16. The smallest absolute Gasteiger partial charge is 0.256 e. The number of amides is 1. The lowest BCUT2D eigenvalue weighted by Crippen LogP contribution is -2.27. The van der Waals surface area contributed by atoms with Crippen molar-refractivity contribution in [3.8, 4) is 0 Å². The van der Waals surface area contributed by atoms with Crippen LogP contribution in [0.25, 0.3) is 21.8 Å². The molecule has 1 aromatic carbocycles. The van der Waals surface area contributed by atoms with Crippen molar-refractivity contribution in [1.82, 2.24) is 24.6 Å². The summed E-state index contributed by atoms with van der Waals surface area (Å²) in [6.45, 7) is 0.255. The lowest BCUT2D eigenvalue weighted by Gasteiger charge is -2.18. The predicted octanol–water partition coefficient (Wildman–Crippen LogP) is 3.27. The Morgan fingerprint density at radius 2 is 2.07 bits per heavy atom. The summed E-state index contributed by atoms with van der Waals surface area (Å²) in [4.78, 5) is 22.8. The van der Waals surface area contributed by atoms with E-state index in [-0.39, 0.29) is 17.9 Å². The van der Waals surface area contributed by atoms with Crippen LogP contribution in [0.5, 0.6) is 0 Å². The van der Waals surface area contributed by atoms with Gasteiger partial charge in [-0.25, -0.2) is 9.37 Å². The van der Waals surface area contributed by atoms with Gasteiger partial charge >= 0.3 is 0 Å². The van der Waals surface area contributed by atoms with E-state index in [1.807, 2.05) is 6.07 Å². The molecule has 0 unspecified atom stereocenters. The molecule has 2 N–H and O–H groups in total. The van der Waals surface area contributed by atoms with Crippen LogP contribution in [0.3, 0.4) is 0 Å². The first-order valence-corrected chi connectivity index (χ1v) is 9.21. The molecule has 0 atom stereocenters. The number of aromatic nitrogens is 4. The molecule has 0 aliphatic rings. The van der Waals surface area contributed by atoms with Crippen LogP contribution in [0.4, 0.5) is 10.2 Å². The average Bonchev–Trinajstić information content (AvgIpc) is 3.05. The molecule has 3 aromatic heterocycles. The summed E-state index contributed by atoms with van der Waals surface area (Å²) in [5, 5.41) is 5.47. The van der Waals surface area contributed by atoms with Crippen molar-refractivity contribution in [3.05, 3.63) is 58.2 Å². The van der Waals surface area contributed by atoms with Gasteiger partial charge in [-0.1, -0.05) is 0 Å². The van der Waals surface area contributed by atoms with Crippen LogP contribution in [0.2, 0.25) is 0 Å². The van der Waals surface area contributed by atoms with E-state index in [4.69, 9.17) is 5.73 Å². The molecule has 0 aliphatic heterocycles. The van der Waals surface area contributed by atoms with Gasteiger partial charge in [0.2, 0.25) is 0 Å². The molecule has 3 heterocycles. The van der Waals surface area contributed by atoms with E-state index in [1.54, 1.807) is 37.2 Å². The van der Waals surface area contributed by atoms with E-state index in [0.717, 1.165) is 4.47 Å². The first-order chi connectivity index (χ1) is 13.3. The molecule has 0 aliphatic carbocycles. The van der Waals surface area contributed by atoms with Crippen LogP contribution >= 0.6 is 15.9 Å². The van der Waals surface area contributed by atoms with Crippen molar-refractivity contribution in [1.29, 1.82) is 0 Å². The minimum Gasteiger partial charge on any atom is -0.383 e. The van der Waals surface area contributed by atoms with Gasteiger partial charge in [-0.05, 0) is 34.1 Å². The third-order valence-electron chi connectivity index (χ3n) is 4.56. The maximum absolute atomic E-state index is 14.7. The Morgan fingerprint density at radius 3 is 2.79 bits per heavy atom. The number of hydrogen-bond acceptors (Lipinski definition) is 5. The normalized spacial score (nSPS) is 11.3. The number of rotatable bonds is 3. The van der Waals surface area contributed by atoms with Crippen molar-refractivity contribution in [2.24, 2.45) is 7.05 Å². The Balaban J connectivity index is 1.77. The number of carbonyl (C=O) groups is 1. The number of nitrogens with zero attached hydrogens (tertiary/aromatic N) is 5. The Labute approximate surface area is 168 Å². The van der Waals surface area contributed by atoms with Gasteiger partial charge in [-0.15, -0.1) is 0 Å². The van der Waals surface area contributed by atoms with Gasteiger partial charge in [-0.2, -0.15) is 5.10 Å². The van der Waals surface area contributed by atoms with Gasteiger partial charge in [0.25, 0.3) is 5.91 Å². The molecule has 28 heavy (non-hydrogen) atoms. The van der Waals surface area contributed by atoms with Gasteiger partial charge in [0.15, 0.2) is 0 Å². The summed E-state index contributed by atoms with van der Waals surface area (Å²) in [5.74, 6) is -0.828. The molecule has 0 spiro atoms. The van der Waals surface area contributed by atoms with E-state index in [9.17, 15) is 9.18 Å². The van der Waals surface area contributed by atoms with E-state index < -0.39 is 11.7 Å². The second kappa shape index (κ2) is 6.83. The lowest BCUT2D eigenvalue weighted by atomic mass is 10.1. The largest absolute Gasteiger partial charge is 0.383 e. The van der Waals surface area contributed by atoms with E-state index >= 15 is 0 Å². The predicted molar refractivity (Wildman–Crippen MR) is 108 cm³/mol. The highest BCUT2D eigenvalue weighted by molar-refractivity contribution is 9.10. The molecule has 0 saturated heterocycles. The zero-order valence-electron chi connectivity index (χ0n) is 15.1. The average molecular weight is 443 g/mol. The molecule has 0 fully saturated rings. The number of aryl methyl sites for hydroxylation is 1. The zero-order valence-corrected chi connectivity index (χ0v) is 16.7. The molecule has 142 valence electrons. The molecule has 0 bridgehead atoms. The Morgan fingerprint density at radius 1 is 1.29 bits per heavy atom. The van der Waals surface area contributed by atoms with Gasteiger partial charge in [0.1, 0.15) is 11.6 Å². The number of nitrogens with two attached hydrogens (primary N) is 1. The van der Waals surface area contributed by atoms with Crippen molar-refractivity contribution in [3.63, 3.8) is 0 Å². The highest BCUT2D eigenvalue weighted by Crippen LogP contribution is 2.29. The number of carbonyl (C=O) groups excluding carboxylic acids is 1. The molecule has 1 amide bonds. The summed E-state index contributed by atoms with van der Waals surface area (Å²) < 4.78 is 17.2. The van der Waals surface area contributed by atoms with Gasteiger partial charge < -0.3 is 10.6 Å². The fourth-order valence-corrected chi connectivity index (χ4v) is 3.40. The second-order valence-corrected chi connectivity index (χ2v) is 7.42. The molecule has 7 nitrogen and oxygen atoms in total. The third-order valence-corrected chi connectivity index (χ3v) is 5.03. The quantitative estimate of drug-likeness (QED) is 0.525. The molecule has 4 rings (SSSR count). The standard InChI is InChI=1S/C19H16BrFN6O/c1-26(9-11-4-3-10(20)7-23-11)19(28)12-5-13-16(6-15(12)21)25-18(22)14-8-24-27(2)17(13)14/h3-8H,9H2,1-2H3,(H2,22,25). The molecule has 4 aromatic rings. The first-order valence-electron chi connectivity index (χ1n) is 8.41. The highest BCUT2D eigenvalue weighted by atomic mass is 79.9. The van der Waals surface area contributed by atoms with E-state index in [1.165, 1.54) is 17.0 Å². The minimum absolute atomic E-state index is 0.0406. The van der Waals surface area contributed by atoms with Crippen LogP contribution in [0, 0.1) is 5.82 Å². The maximum atomic E-state index is 14.7. The summed E-state index contributed by atoms with van der Waals surface area (Å²) in [5.41, 5.74) is 7.69. The molecule has 9 heteroatoms. The van der Waals surface area contributed by atoms with Gasteiger partial charge in [0, 0.05) is 36.2 Å². The monoisotopic (exact) mass is 442 g/mol. The summed E-state index contributed by atoms with van der Waals surface area (Å²) in [6.07, 6.45) is 3.26. The maximum Gasteiger partial charge on any atom is 0.256 e. The van der Waals surface area contributed by atoms with E-state index in [2.05, 4.69) is 31.0 Å². The number of nitrogen functional groups attached to an aromatic ring is 1. The topological polar surface area (TPSA) is 89.9 Å². The first kappa shape index (κ1) is 18.3. The lowest BCUT2D eigenvalue weighted by molar-refractivity contribution is 0.0779. The number of fused-ring (bicyclic) bond motifs is 3. The van der Waals surface area contributed by atoms with Crippen LogP contribution in [0.1, 0.15) is 16.1 Å². The highest BCUT2D eigenvalue weighted by Gasteiger charge is 2.20. The second-order valence-electron chi connectivity index (χ2n) is 6.51. The minimum atomic E-state index is -0.651. The summed E-state index contributed by atoms with van der Waals surface area (Å²) in [6, 6.07) is 6.38. The summed E-state index contributed by atoms with van der Waals surface area (Å²) in [7, 11) is 3.37. The zero-order chi connectivity index (χ0) is 20.0. The van der Waals surface area contributed by atoms with Crippen molar-refractivity contribution in [2.45, 2.75) is 6.54 Å². The van der Waals surface area contributed by atoms with Crippen LogP contribution in [0.15, 0.2) is 41.1 Å². The van der Waals surface area contributed by atoms with Gasteiger partial charge in [0.05, 0.1) is 40.4 Å². The summed E-state index contributed by atoms with van der Waals surface area (Å²) >= 11 is 3.32. The third kappa shape index (κ3) is 3.07. The number of hydrogen-bond donors (Lipinski definition) is 1. The molecule has 0 saturated carbocycles. The molecular weight excluding hydrogens is 427 g/mol. The number of benzene rings is 1. The fraction of sp³-hybridized carbons (Fsp3) is 0.158. The molecular formula is C19H16BrFN6O. The van der Waals surface area contributed by atoms with E-state index in [0.29, 0.717) is 27.5 Å². The number of anilines is 1. The Bertz CT molecular complexity index is 1220. The van der Waals surface area contributed by atoms with Crippen molar-refractivity contribution < 1.29 is 9.18 Å². The Kier molecular flexibility index (Phi) is 4.46.